The van der Waals surface area contributed by atoms with Crippen molar-refractivity contribution in [1.29, 1.82) is 0 Å². The van der Waals surface area contributed by atoms with Crippen molar-refractivity contribution in [1.82, 2.24) is 0 Å². The number of rotatable bonds is 9. The molecule has 0 aliphatic heterocycles. The van der Waals surface area contributed by atoms with E-state index in [9.17, 15) is 18.0 Å². The van der Waals surface area contributed by atoms with Crippen molar-refractivity contribution in [2.45, 2.75) is 50.2 Å². The summed E-state index contributed by atoms with van der Waals surface area (Å²) in [6.07, 6.45) is 0.910. The third-order valence-corrected chi connectivity index (χ3v) is 4.27. The maximum atomic E-state index is 11.2. The summed E-state index contributed by atoms with van der Waals surface area (Å²) in [6, 6.07) is 0. The van der Waals surface area contributed by atoms with Gasteiger partial charge in [-0.1, -0.05) is 32.6 Å². The molecule has 0 spiro atoms. The maximum Gasteiger partial charge on any atom is 1.00 e. The summed E-state index contributed by atoms with van der Waals surface area (Å²) in [5, 5.41) is 17.6. The Morgan fingerprint density at radius 2 is 1.68 bits per heavy atom. The number of carboxylic acids is 2. The van der Waals surface area contributed by atoms with Crippen LogP contribution in [0.3, 0.4) is 0 Å². The number of aliphatic carboxylic acids is 2. The first-order chi connectivity index (χ1) is 8.17. The quantitative estimate of drug-likeness (QED) is 0.262. The molecule has 1 unspecified atom stereocenters. The van der Waals surface area contributed by atoms with Crippen LogP contribution in [-0.2, 0) is 19.7 Å². The van der Waals surface area contributed by atoms with E-state index >= 15 is 0 Å². The van der Waals surface area contributed by atoms with Gasteiger partial charge in [-0.15, -0.1) is 0 Å². The van der Waals surface area contributed by atoms with Gasteiger partial charge in [-0.05, 0) is 6.42 Å². The van der Waals surface area contributed by atoms with E-state index in [4.69, 9.17) is 14.8 Å². The third kappa shape index (κ3) is 6.22. The fraction of sp³-hybridized carbons (Fsp3) is 0.800. The van der Waals surface area contributed by atoms with Gasteiger partial charge in [-0.3, -0.25) is 14.1 Å². The topological polar surface area (TPSA) is 129 Å². The zero-order valence-electron chi connectivity index (χ0n) is 12.1. The van der Waals surface area contributed by atoms with Crippen LogP contribution in [0.4, 0.5) is 0 Å². The molecule has 0 rings (SSSR count). The van der Waals surface area contributed by atoms with E-state index in [1.807, 2.05) is 6.92 Å². The molecule has 19 heavy (non-hydrogen) atoms. The van der Waals surface area contributed by atoms with Crippen LogP contribution < -0.4 is 29.6 Å². The van der Waals surface area contributed by atoms with Gasteiger partial charge in [-0.2, -0.15) is 8.42 Å². The van der Waals surface area contributed by atoms with E-state index in [-0.39, 0.29) is 37.4 Å². The molecule has 0 fully saturated rings. The molecule has 0 saturated carbocycles. The van der Waals surface area contributed by atoms with Crippen LogP contribution in [0.5, 0.6) is 0 Å². The van der Waals surface area contributed by atoms with Crippen molar-refractivity contribution in [2.24, 2.45) is 0 Å². The molecular weight excluding hydrogens is 287 g/mol. The summed E-state index contributed by atoms with van der Waals surface area (Å²) >= 11 is 0. The number of unbranched alkanes of at least 4 members (excludes halogenated alkanes) is 3. The van der Waals surface area contributed by atoms with Gasteiger partial charge in [0, 0.05) is 0 Å². The van der Waals surface area contributed by atoms with Gasteiger partial charge in [-0.25, -0.2) is 0 Å². The number of carboxylic acid groups (broad SMARTS) is 2. The predicted octanol–water partition coefficient (Wildman–Crippen LogP) is -1.74. The molecule has 0 saturated heterocycles. The van der Waals surface area contributed by atoms with Crippen molar-refractivity contribution in [3.63, 3.8) is 0 Å². The van der Waals surface area contributed by atoms with Crippen LogP contribution in [-0.4, -0.2) is 39.9 Å². The Morgan fingerprint density at radius 1 is 1.16 bits per heavy atom. The molecule has 7 nitrogen and oxygen atoms in total. The standard InChI is InChI=1S/C10H18O7S.Na.H/c1-2-3-4-5-6-10(9(13)14,7-8(11)12)18(15,16)17;;/h2-7H2,1H3,(H,11,12)(H,13,14)(H,15,16,17);;/q;+1;-1. The van der Waals surface area contributed by atoms with E-state index in [2.05, 4.69) is 0 Å². The first kappa shape index (κ1) is 21.2. The zero-order valence-corrected chi connectivity index (χ0v) is 13.9. The molecule has 0 aliphatic carbocycles. The van der Waals surface area contributed by atoms with Gasteiger partial charge in [0.2, 0.25) is 4.75 Å². The molecule has 108 valence electrons. The van der Waals surface area contributed by atoms with Gasteiger partial charge in [0.05, 0.1) is 6.42 Å². The summed E-state index contributed by atoms with van der Waals surface area (Å²) in [6.45, 7) is 1.92. The fourth-order valence-electron chi connectivity index (χ4n) is 1.68. The van der Waals surface area contributed by atoms with Crippen LogP contribution in [0.1, 0.15) is 46.9 Å². The molecule has 9 heteroatoms. The van der Waals surface area contributed by atoms with E-state index in [0.29, 0.717) is 6.42 Å². The van der Waals surface area contributed by atoms with Crippen molar-refractivity contribution < 1.29 is 63.8 Å². The minimum absolute atomic E-state index is 0. The predicted molar refractivity (Wildman–Crippen MR) is 64.0 cm³/mol. The Kier molecular flexibility index (Phi) is 9.92. The normalized spacial score (nSPS) is 14.2. The summed E-state index contributed by atoms with van der Waals surface area (Å²) in [5.41, 5.74) is 0. The Bertz CT molecular complexity index is 412. The Hall–Kier alpha value is -0.150. The second-order valence-electron chi connectivity index (χ2n) is 4.16. The first-order valence-electron chi connectivity index (χ1n) is 5.59. The van der Waals surface area contributed by atoms with Gasteiger partial charge in [0.25, 0.3) is 10.1 Å². The van der Waals surface area contributed by atoms with Crippen LogP contribution in [0, 0.1) is 0 Å². The second-order valence-corrected chi connectivity index (χ2v) is 5.89. The Labute approximate surface area is 135 Å². The third-order valence-electron chi connectivity index (χ3n) is 2.75. The molecule has 0 aromatic heterocycles. The average molecular weight is 306 g/mol. The van der Waals surface area contributed by atoms with Gasteiger partial charge < -0.3 is 11.6 Å². The summed E-state index contributed by atoms with van der Waals surface area (Å²) < 4.78 is 28.8. The summed E-state index contributed by atoms with van der Waals surface area (Å²) in [5.74, 6) is -3.41. The molecule has 0 aliphatic rings. The molecule has 0 aromatic carbocycles. The molecular formula is C10H19NaO7S. The second kappa shape index (κ2) is 8.91. The van der Waals surface area contributed by atoms with Gasteiger partial charge in [0.1, 0.15) is 0 Å². The van der Waals surface area contributed by atoms with Crippen LogP contribution >= 0.6 is 0 Å². The largest absolute Gasteiger partial charge is 1.00 e. The maximum absolute atomic E-state index is 11.2. The van der Waals surface area contributed by atoms with Crippen molar-refractivity contribution in [3.05, 3.63) is 0 Å². The molecule has 3 N–H and O–H groups in total. The average Bonchev–Trinajstić information content (AvgIpc) is 2.19. The minimum atomic E-state index is -4.99. The molecule has 0 heterocycles. The monoisotopic (exact) mass is 306 g/mol. The van der Waals surface area contributed by atoms with Crippen LogP contribution in [0.25, 0.3) is 0 Å². The number of hydrogen-bond acceptors (Lipinski definition) is 4. The van der Waals surface area contributed by atoms with Crippen molar-refractivity contribution in [3.8, 4) is 0 Å². The van der Waals surface area contributed by atoms with Crippen LogP contribution in [0.15, 0.2) is 0 Å². The number of hydrogen-bond donors (Lipinski definition) is 3. The van der Waals surface area contributed by atoms with E-state index in [0.717, 1.165) is 12.8 Å². The summed E-state index contributed by atoms with van der Waals surface area (Å²) in [7, 11) is -4.99. The van der Waals surface area contributed by atoms with Crippen LogP contribution in [0.2, 0.25) is 0 Å². The molecule has 0 amide bonds. The fourth-order valence-corrected chi connectivity index (χ4v) is 2.61. The minimum Gasteiger partial charge on any atom is -1.00 e. The Morgan fingerprint density at radius 3 is 2.00 bits per heavy atom. The van der Waals surface area contributed by atoms with E-state index in [1.54, 1.807) is 0 Å². The van der Waals surface area contributed by atoms with Crippen molar-refractivity contribution in [2.75, 3.05) is 0 Å². The van der Waals surface area contributed by atoms with Crippen molar-refractivity contribution >= 4 is 22.1 Å². The number of carbonyl (C=O) groups is 2. The molecule has 1 atom stereocenters. The van der Waals surface area contributed by atoms with Gasteiger partial charge in [0.15, 0.2) is 0 Å². The first-order valence-corrected chi connectivity index (χ1v) is 7.03. The molecule has 0 bridgehead atoms. The zero-order chi connectivity index (χ0) is 14.4. The molecule has 0 aromatic rings. The van der Waals surface area contributed by atoms with E-state index in [1.165, 1.54) is 0 Å². The SMILES string of the molecule is CCCCCCC(CC(=O)O)(C(=O)O)S(=O)(=O)O.[H-].[Na+]. The smallest absolute Gasteiger partial charge is 1.00 e. The van der Waals surface area contributed by atoms with E-state index < -0.39 is 39.6 Å². The summed E-state index contributed by atoms with van der Waals surface area (Å²) in [4.78, 5) is 21.7. The Balaban J connectivity index is -0.00000144. The molecule has 0 radical (unpaired) electrons. The van der Waals surface area contributed by atoms with Gasteiger partial charge >= 0.3 is 41.5 Å².